The van der Waals surface area contributed by atoms with Crippen molar-refractivity contribution >= 4 is 54.5 Å². The summed E-state index contributed by atoms with van der Waals surface area (Å²) in [6.45, 7) is 18.9. The summed E-state index contributed by atoms with van der Waals surface area (Å²) >= 11 is 0. The van der Waals surface area contributed by atoms with Crippen molar-refractivity contribution in [1.29, 1.82) is 0 Å². The van der Waals surface area contributed by atoms with Gasteiger partial charge in [0.2, 0.25) is 0 Å². The normalized spacial score (nSPS) is 16.0. The summed E-state index contributed by atoms with van der Waals surface area (Å²) in [5, 5.41) is 106. The highest BCUT2D eigenvalue weighted by Gasteiger charge is 2.42. The molecule has 4 fully saturated rings. The van der Waals surface area contributed by atoms with Crippen LogP contribution in [0.25, 0.3) is 0 Å². The Morgan fingerprint density at radius 2 is 0.347 bits per heavy atom. The molecule has 15 aromatic rings. The minimum Gasteiger partial charge on any atom is -0.389 e. The smallest absolute Gasteiger partial charge is 0.166 e. The number of aliphatic hydroxyl groups excluding tert-OH is 2. The van der Waals surface area contributed by atoms with Gasteiger partial charge in [0.05, 0.1) is 111 Å². The van der Waals surface area contributed by atoms with Gasteiger partial charge in [-0.15, -0.1) is 0 Å². The lowest BCUT2D eigenvalue weighted by molar-refractivity contribution is -0.000999. The topological polar surface area (TPSA) is 202 Å². The van der Waals surface area contributed by atoms with Crippen LogP contribution in [-0.2, 0) is 99.3 Å². The minimum absolute atomic E-state index is 0.221. The van der Waals surface area contributed by atoms with E-state index in [0.29, 0.717) is 25.7 Å². The zero-order chi connectivity index (χ0) is 104. The van der Waals surface area contributed by atoms with Crippen LogP contribution in [0.4, 0.5) is 0 Å². The van der Waals surface area contributed by atoms with Crippen LogP contribution in [0.1, 0.15) is 278 Å². The van der Waals surface area contributed by atoms with Crippen molar-refractivity contribution in [2.75, 3.05) is 0 Å². The van der Waals surface area contributed by atoms with Crippen molar-refractivity contribution in [3.63, 3.8) is 0 Å². The maximum absolute atomic E-state index is 11.2. The molecular formula is C132H151O10S5+5. The lowest BCUT2D eigenvalue weighted by atomic mass is 9.80. The van der Waals surface area contributed by atoms with Crippen LogP contribution in [0, 0.1) is 0 Å². The van der Waals surface area contributed by atoms with Gasteiger partial charge >= 0.3 is 0 Å². The number of hydrogen-bond acceptors (Lipinski definition) is 10. The van der Waals surface area contributed by atoms with Crippen molar-refractivity contribution in [3.8, 4) is 0 Å². The van der Waals surface area contributed by atoms with Crippen molar-refractivity contribution < 1.29 is 51.1 Å². The van der Waals surface area contributed by atoms with E-state index in [-0.39, 0.29) is 54.5 Å². The second-order valence-corrected chi connectivity index (χ2v) is 51.2. The van der Waals surface area contributed by atoms with E-state index in [9.17, 15) is 51.1 Å². The predicted molar refractivity (Wildman–Crippen MR) is 607 cm³/mol. The summed E-state index contributed by atoms with van der Waals surface area (Å²) in [5.41, 5.74) is 3.93. The van der Waals surface area contributed by atoms with E-state index in [2.05, 4.69) is 328 Å². The Kier molecular flexibility index (Phi) is 38.1. The molecule has 10 N–H and O–H groups in total. The van der Waals surface area contributed by atoms with Gasteiger partial charge in [-0.1, -0.05) is 304 Å². The molecule has 764 valence electrons. The Labute approximate surface area is 889 Å². The number of hydrogen-bond donors (Lipinski definition) is 10. The first-order chi connectivity index (χ1) is 70.8. The van der Waals surface area contributed by atoms with Crippen molar-refractivity contribution in [1.82, 2.24) is 0 Å². The Bertz CT molecular complexity index is 6060. The SMILES string of the molecule is CC(C)(O)c1ccc([S+](c2ccccc2)c2ccc(C(C)(C)O)cc2)cc1.CC(O)c1ccc([S+](c2ccccc2)c2ccc(C(C)O)cc2)cc1.CCC(O)(CC)c1ccc([S+](c2ccccc2)c2ccc(C(O)(CC)CC)cc2)cc1.OC1(c2ccc([S+](c3ccccc3)c3ccc(C4(O)CCCC4)cc3)cc2)CCCC1.OC1(c2ccc([S+](c3ccccc3)c3ccc(C4(O)CCCCC4)cc3)cc2)CCCCC1. The third-order valence-corrected chi connectivity index (χ3v) is 41.2. The molecule has 10 nitrogen and oxygen atoms in total. The maximum atomic E-state index is 11.2. The fourth-order valence-corrected chi connectivity index (χ4v) is 31.0. The Morgan fingerprint density at radius 1 is 0.204 bits per heavy atom. The van der Waals surface area contributed by atoms with E-state index in [1.165, 1.54) is 86.3 Å². The average molecular weight is 2060 g/mol. The van der Waals surface area contributed by atoms with Gasteiger partial charge in [-0.2, -0.15) is 0 Å². The first kappa shape index (κ1) is 111. The predicted octanol–water partition coefficient (Wildman–Crippen LogP) is 30.3. The van der Waals surface area contributed by atoms with Gasteiger partial charge in [0, 0.05) is 0 Å². The number of aliphatic hydroxyl groups is 10. The zero-order valence-electron chi connectivity index (χ0n) is 87.3. The van der Waals surface area contributed by atoms with E-state index in [1.54, 1.807) is 41.5 Å². The molecule has 2 unspecified atom stereocenters. The molecule has 0 radical (unpaired) electrons. The quantitative estimate of drug-likeness (QED) is 0.0201. The van der Waals surface area contributed by atoms with E-state index >= 15 is 0 Å². The monoisotopic (exact) mass is 2060 g/mol. The molecule has 4 saturated carbocycles. The molecule has 4 aliphatic carbocycles. The van der Waals surface area contributed by atoms with Gasteiger partial charge in [0.25, 0.3) is 0 Å². The van der Waals surface area contributed by atoms with E-state index in [1.807, 2.05) is 94.4 Å². The molecule has 0 amide bonds. The third kappa shape index (κ3) is 27.7. The summed E-state index contributed by atoms with van der Waals surface area (Å²) in [6, 6.07) is 137. The summed E-state index contributed by atoms with van der Waals surface area (Å²) in [7, 11) is -1.18. The molecule has 0 spiro atoms. The van der Waals surface area contributed by atoms with Gasteiger partial charge < -0.3 is 51.1 Å². The first-order valence-electron chi connectivity index (χ1n) is 52.9. The van der Waals surface area contributed by atoms with Crippen molar-refractivity contribution in [3.05, 3.63) is 450 Å². The molecular weight excluding hydrogens is 1910 g/mol. The molecule has 0 heterocycles. The van der Waals surface area contributed by atoms with Crippen LogP contribution in [0.3, 0.4) is 0 Å². The average Bonchev–Trinajstić information content (AvgIpc) is 1.61. The number of benzene rings is 15. The number of rotatable bonds is 29. The highest BCUT2D eigenvalue weighted by molar-refractivity contribution is 7.98. The van der Waals surface area contributed by atoms with Crippen molar-refractivity contribution in [2.45, 2.75) is 341 Å². The molecule has 19 rings (SSSR count). The van der Waals surface area contributed by atoms with Gasteiger partial charge in [-0.05, 0) is 356 Å². The second-order valence-electron chi connectivity index (χ2n) is 41.0. The van der Waals surface area contributed by atoms with Crippen LogP contribution in [0.2, 0.25) is 0 Å². The Hall–Kier alpha value is -10.4. The van der Waals surface area contributed by atoms with Crippen LogP contribution >= 0.6 is 0 Å². The Balaban J connectivity index is 0.000000138. The molecule has 15 heteroatoms. The van der Waals surface area contributed by atoms with Crippen LogP contribution in [-0.4, -0.2) is 51.1 Å². The largest absolute Gasteiger partial charge is 0.389 e. The zero-order valence-corrected chi connectivity index (χ0v) is 91.3. The standard InChI is InChI=1S/C30H35O2S.C28H31O2S.C28H35O2S.C24H27O2S.C22H23O2S/c31-29(20-6-2-7-21-29)24-12-16-27(17-13-24)33(26-10-4-1-5-11-26)28-18-14-25(15-19-28)30(32)22-8-3-9-23-30;29-27(18-4-5-19-27)22-10-14-25(15-11-22)31(24-8-2-1-3-9-24)26-16-12-23(13-17-26)28(30)20-6-7-21-28;1-5-27(29,6-2)22-14-18-25(19-15-22)31(24-12-10-9-11-13-24)26-20-16-23(17-21-26)28(30,7-3)8-4;1-23(2,25)18-10-14-21(15-11-18)27(20-8-6-5-7-9-20)22-16-12-19(13-17-22)24(3,4)26;1-16(23)18-8-12-21(13-9-18)25(20-6-4-3-5-7-20)22-14-10-19(11-15-22)17(2)24/h1,4-5,10-19,31-32H,2-3,6-9,20-23H2;1-3,8-17,29-30H,4-7,18-21H2;9-21,29-30H,5-8H2,1-4H3;5-17,25-26H,1-4H3;3-17,23-24H,1-2H3/q5*+1. The van der Waals surface area contributed by atoms with E-state index in [4.69, 9.17) is 0 Å². The second kappa shape index (κ2) is 50.5. The molecule has 0 saturated heterocycles. The van der Waals surface area contributed by atoms with Crippen LogP contribution < -0.4 is 0 Å². The van der Waals surface area contributed by atoms with Crippen LogP contribution in [0.5, 0.6) is 0 Å². The third-order valence-electron chi connectivity index (χ3n) is 30.0. The molecule has 147 heavy (non-hydrogen) atoms. The maximum Gasteiger partial charge on any atom is 0.166 e. The van der Waals surface area contributed by atoms with Gasteiger partial charge in [-0.25, -0.2) is 0 Å². The highest BCUT2D eigenvalue weighted by Crippen LogP contribution is 2.47. The first-order valence-corrected chi connectivity index (χ1v) is 59.1. The molecule has 0 bridgehead atoms. The van der Waals surface area contributed by atoms with Gasteiger partial charge in [-0.3, -0.25) is 0 Å². The van der Waals surface area contributed by atoms with Gasteiger partial charge in [0.1, 0.15) is 0 Å². The lowest BCUT2D eigenvalue weighted by Gasteiger charge is -2.32. The fourth-order valence-electron chi connectivity index (χ4n) is 20.7. The summed E-state index contributed by atoms with van der Waals surface area (Å²) in [6.07, 6.45) is 20.1. The summed E-state index contributed by atoms with van der Waals surface area (Å²) < 4.78 is 0. The van der Waals surface area contributed by atoms with E-state index < -0.39 is 57.0 Å². The van der Waals surface area contributed by atoms with Crippen molar-refractivity contribution in [2.24, 2.45) is 0 Å². The van der Waals surface area contributed by atoms with Gasteiger partial charge in [0.15, 0.2) is 73.4 Å². The van der Waals surface area contributed by atoms with E-state index in [0.717, 1.165) is 158 Å². The molecule has 2 atom stereocenters. The highest BCUT2D eigenvalue weighted by atomic mass is 32.2. The summed E-state index contributed by atoms with van der Waals surface area (Å²) in [4.78, 5) is 18.6. The van der Waals surface area contributed by atoms with Crippen LogP contribution in [0.15, 0.2) is 468 Å². The fraction of sp³-hybridized carbons (Fsp3) is 0.318. The molecule has 4 aliphatic rings. The molecule has 0 aliphatic heterocycles. The minimum atomic E-state index is -0.849. The molecule has 0 aromatic heterocycles. The molecule has 15 aromatic carbocycles. The lowest BCUT2D eigenvalue weighted by Crippen LogP contribution is -2.28. The summed E-state index contributed by atoms with van der Waals surface area (Å²) in [5.74, 6) is 0. The Morgan fingerprint density at radius 3 is 0.503 bits per heavy atom.